The normalized spacial score (nSPS) is 15.5. The Morgan fingerprint density at radius 1 is 0.315 bits per heavy atom. The summed E-state index contributed by atoms with van der Waals surface area (Å²) in [6, 6.07) is 3.90. The van der Waals surface area contributed by atoms with Crippen LogP contribution in [0.3, 0.4) is 0 Å². The van der Waals surface area contributed by atoms with Gasteiger partial charge < -0.3 is 265 Å². The molecule has 706 valence electrons. The van der Waals surface area contributed by atoms with E-state index in [0.717, 1.165) is 25.3 Å². The molecular formula is C28H59Al14O74S8-. The summed E-state index contributed by atoms with van der Waals surface area (Å²) in [6.45, 7) is -1.23. The molecule has 124 heavy (non-hydrogen) atoms. The zero-order valence-corrected chi connectivity index (χ0v) is 82.1. The minimum Gasteiger partial charge on any atom is -0.870 e. The van der Waals surface area contributed by atoms with Crippen LogP contribution in [0.25, 0.3) is 22.3 Å². The van der Waals surface area contributed by atoms with Crippen LogP contribution in [0.2, 0.25) is 0 Å². The first kappa shape index (κ1) is 300. The molecule has 74 nitrogen and oxygen atoms in total. The number of hydrogen-bond donors (Lipinski definition) is 0. The Labute approximate surface area is 848 Å². The van der Waals surface area contributed by atoms with Gasteiger partial charge in [-0.1, -0.05) is 0 Å². The Morgan fingerprint density at radius 3 is 0.887 bits per heavy atom. The number of rotatable bonds is 23. The Morgan fingerprint density at radius 2 is 0.589 bits per heavy atom. The predicted molar refractivity (Wildman–Crippen MR) is 360 cm³/mol. The van der Waals surface area contributed by atoms with Crippen molar-refractivity contribution in [1.29, 1.82) is 0 Å². The van der Waals surface area contributed by atoms with Gasteiger partial charge in [-0.05, 0) is 25.1 Å². The zero-order chi connectivity index (χ0) is 56.8. The standard InChI is InChI=1S/C28H32O39S8.14Al.35H2O/c1-10-21(62-70(36,37)38)23(64-72(42,43)44)25(66-74(48,49)50)27(56-10)55-9-19-22(63-71(39,40)41)24(65-73(45,46)47)26(67-75(51,52)53)28(59-19)57-12-6-17-20(18(7-12)61-69(33,34)35)13(29)8-15(58-17)11-3-4-14(54-2)16(5-11)60-68(30,31)32;;;;;;;;;;;;;;;;;;;;;;;;;;;;;;;;;;;;;;;;;;;;;;;;;/h3-8,10,19,21-28H,9H2,1-2H3,(H,30,31,32)(H,33,34,35)(H,36,37,38)(H,39,40,41)(H,42,43,44)(H,45,46,47)(H,48,49,50)(H,51,52,53);;;;;;;;;;;;;;;35*1H2/q;14*+3;;;;;;;;;;;;;;;;;;;;;;;;;;;;;;;;;;;/p-43/t10-,19+,21-,22+,23+,24-,25+,26+,27+,28+;;;;;;;;;;;;;;;;;;;;;;;;;;;;;;;;;;;;;;;;;;;;;;;;;/m0................................................./s1. The van der Waals surface area contributed by atoms with Gasteiger partial charge in [0.05, 0.1) is 19.8 Å². The summed E-state index contributed by atoms with van der Waals surface area (Å²) < 4.78 is 348. The third kappa shape index (κ3) is 98.3. The molecule has 3 aromatic rings. The molecule has 96 heteroatoms. The van der Waals surface area contributed by atoms with Crippen molar-refractivity contribution < 1.29 is 357 Å². The van der Waals surface area contributed by atoms with Crippen LogP contribution >= 0.6 is 0 Å². The number of ether oxygens (including phenoxy) is 5. The van der Waals surface area contributed by atoms with Crippen molar-refractivity contribution in [1.82, 2.24) is 0 Å². The van der Waals surface area contributed by atoms with Crippen LogP contribution in [0.4, 0.5) is 0 Å². The molecule has 3 heterocycles. The molecule has 0 unspecified atom stereocenters. The van der Waals surface area contributed by atoms with E-state index in [4.69, 9.17) is 28.1 Å². The molecule has 2 aliphatic heterocycles. The first-order valence-electron chi connectivity index (χ1n) is 18.4. The average Bonchev–Trinajstić information content (AvgIpc) is 3.18. The van der Waals surface area contributed by atoms with E-state index in [1.807, 2.05) is 0 Å². The molecule has 35 N–H and O–H groups in total. The molecule has 2 aromatic carbocycles. The van der Waals surface area contributed by atoms with E-state index in [2.05, 4.69) is 33.5 Å². The van der Waals surface area contributed by atoms with Crippen LogP contribution in [0.15, 0.2) is 45.6 Å². The van der Waals surface area contributed by atoms with Crippen molar-refractivity contribution in [2.24, 2.45) is 0 Å². The Kier molecular flexibility index (Phi) is 283. The molecule has 0 bridgehead atoms. The van der Waals surface area contributed by atoms with Gasteiger partial charge in [-0.25, -0.2) is 67.3 Å². The topological polar surface area (TPSA) is 1660 Å². The van der Waals surface area contributed by atoms with Crippen LogP contribution in [0.5, 0.6) is 23.0 Å². The van der Waals surface area contributed by atoms with Crippen LogP contribution in [-0.2, 0) is 123 Å². The summed E-state index contributed by atoms with van der Waals surface area (Å²) in [7, 11) is -48.5. The maximum Gasteiger partial charge on any atom is 3.00 e. The number of hydrogen-bond acceptors (Lipinski definition) is 74. The Hall–Kier alpha value is 1.82. The smallest absolute Gasteiger partial charge is 0.870 e. The Balaban J connectivity index is -0.0000000296. The summed E-state index contributed by atoms with van der Waals surface area (Å²) in [4.78, 5) is 13.5. The van der Waals surface area contributed by atoms with Gasteiger partial charge in [-0.3, -0.25) is 29.9 Å². The van der Waals surface area contributed by atoms with Crippen LogP contribution in [0, 0.1) is 0 Å². The minimum absolute atomic E-state index is 0. The maximum atomic E-state index is 13.5. The quantitative estimate of drug-likeness (QED) is 0.0483. The van der Waals surface area contributed by atoms with E-state index in [-0.39, 0.29) is 446 Å². The molecule has 2 saturated heterocycles. The van der Waals surface area contributed by atoms with Gasteiger partial charge >= 0.3 is 243 Å². The van der Waals surface area contributed by atoms with E-state index in [0.29, 0.717) is 19.1 Å². The van der Waals surface area contributed by atoms with Gasteiger partial charge in [0.15, 0.2) is 41.2 Å². The Bertz CT molecular complexity index is 3720. The second kappa shape index (κ2) is 117. The first-order valence-corrected chi connectivity index (χ1v) is 29.1. The van der Waals surface area contributed by atoms with E-state index >= 15 is 0 Å². The van der Waals surface area contributed by atoms with Gasteiger partial charge in [0.2, 0.25) is 68.7 Å². The van der Waals surface area contributed by atoms with Crippen LogP contribution in [0.1, 0.15) is 6.92 Å². The number of fused-ring (bicyclic) bond motifs is 1. The van der Waals surface area contributed by atoms with Crippen molar-refractivity contribution in [2.75, 3.05) is 13.7 Å². The van der Waals surface area contributed by atoms with Gasteiger partial charge in [0.1, 0.15) is 53.0 Å². The predicted octanol–water partition coefficient (Wildman–Crippen LogP) is -17.4. The fourth-order valence-electron chi connectivity index (χ4n) is 6.65. The molecule has 10 atom stereocenters. The van der Waals surface area contributed by atoms with Gasteiger partial charge in [0, 0.05) is 23.8 Å². The third-order valence-electron chi connectivity index (χ3n) is 8.97. The molecule has 0 saturated carbocycles. The van der Waals surface area contributed by atoms with Gasteiger partial charge in [0.25, 0.3) is 20.8 Å². The van der Waals surface area contributed by atoms with E-state index in [1.165, 1.54) is 0 Å². The molecule has 5 rings (SSSR count). The monoisotopic (exact) mass is 2210 g/mol. The summed E-state index contributed by atoms with van der Waals surface area (Å²) >= 11 is 0. The maximum absolute atomic E-state index is 13.5. The molecular weight excluding hydrogens is 2150 g/mol. The molecule has 1 aromatic heterocycles. The zero-order valence-electron chi connectivity index (χ0n) is 59.4. The SMILES string of the molecule is COc1ccc(-c2cc(=O)c3c(OS(=O)(=O)[O-])cc(O[C@@H]4O[C@H](CO[C@@H]5O[C@@H](C)[C@H](OS(=O)(=O)[O-])[C@@H](OS(=O)(=O)[O-])[C@H]5OS(=O)(=O)[O-])[C@@H](OS(=O)(=O)[O-])[C@H](OS(=O)(=O)[O-])[C@H]4OS(=O)(=O)[O-])cc3o2)cc1OS(=O)(=O)[O-].[Al+3].[Al+3].[Al+3].[Al+3].[Al+3].[Al+3].[Al+3].[Al+3].[Al+3].[Al+3].[Al+3].[Al+3].[Al+3].[Al+3].[OH-].[OH-].[OH-].[OH-].[OH-].[OH-].[OH-].[OH-].[OH-].[OH-].[OH-].[OH-].[OH-].[OH-].[OH-].[OH-].[OH-].[OH-].[OH-].[OH-].[OH-].[OH-].[OH-].[OH-].[OH-].[OH-].[OH-].[OH-].[OH-].[OH-].[OH-].[OH-].[OH-].[OH-].[OH-]. The van der Waals surface area contributed by atoms with E-state index in [1.54, 1.807) is 0 Å². The van der Waals surface area contributed by atoms with E-state index < -0.39 is 196 Å². The van der Waals surface area contributed by atoms with E-state index in [9.17, 15) is 109 Å². The molecule has 0 radical (unpaired) electrons. The van der Waals surface area contributed by atoms with Crippen molar-refractivity contribution in [3.8, 4) is 34.3 Å². The largest absolute Gasteiger partial charge is 3.00 e. The summed E-state index contributed by atoms with van der Waals surface area (Å²) in [5, 5.41) is -1.03. The fraction of sp³-hybridized carbons (Fsp3) is 0.464. The summed E-state index contributed by atoms with van der Waals surface area (Å²) in [6.07, 6.45) is -30.3. The van der Waals surface area contributed by atoms with Crippen molar-refractivity contribution in [3.05, 3.63) is 46.6 Å². The van der Waals surface area contributed by atoms with Crippen molar-refractivity contribution >= 4 is 337 Å². The second-order valence-electron chi connectivity index (χ2n) is 14.1. The molecule has 0 spiro atoms. The number of benzene rings is 2. The third-order valence-corrected chi connectivity index (χ3v) is 12.5. The van der Waals surface area contributed by atoms with Crippen LogP contribution in [-0.4, -0.2) is 614 Å². The van der Waals surface area contributed by atoms with Crippen molar-refractivity contribution in [2.45, 2.75) is 68.3 Å². The van der Waals surface area contributed by atoms with Crippen molar-refractivity contribution in [3.63, 3.8) is 0 Å². The van der Waals surface area contributed by atoms with Gasteiger partial charge in [-0.2, -0.15) is 0 Å². The molecule has 0 aliphatic carbocycles. The van der Waals surface area contributed by atoms with Crippen LogP contribution < -0.4 is 23.3 Å². The van der Waals surface area contributed by atoms with Gasteiger partial charge in [-0.15, -0.1) is 0 Å². The fourth-order valence-corrected chi connectivity index (χ4v) is 10.3. The molecule has 2 aliphatic rings. The average molecular weight is 2210 g/mol. The summed E-state index contributed by atoms with van der Waals surface area (Å²) in [5.41, 5.74) is -2.75. The first-order chi connectivity index (χ1) is 33.9. The summed E-state index contributed by atoms with van der Waals surface area (Å²) in [5.74, 6) is -4.55. The number of methoxy groups -OCH3 is 1. The second-order valence-corrected chi connectivity index (χ2v) is 22.2. The minimum atomic E-state index is -6.48. The molecule has 2 fully saturated rings. The molecule has 0 amide bonds.